The molecular weight excluding hydrogens is 249 g/mol. The normalized spacial score (nSPS) is 17.9. The SMILES string of the molecule is CN1C=CC(S)c2cc(F)c(-c3ncc[nH]3)cc21. The van der Waals surface area contributed by atoms with Crippen LogP contribution in [0.1, 0.15) is 10.8 Å². The van der Waals surface area contributed by atoms with Crippen LogP contribution in [0.2, 0.25) is 0 Å². The number of fused-ring (bicyclic) bond motifs is 1. The first-order valence-corrected chi connectivity index (χ1v) is 6.11. The van der Waals surface area contributed by atoms with Gasteiger partial charge in [-0.1, -0.05) is 6.08 Å². The number of H-pyrrole nitrogens is 1. The van der Waals surface area contributed by atoms with Gasteiger partial charge in [-0.25, -0.2) is 9.37 Å². The van der Waals surface area contributed by atoms with Crippen LogP contribution >= 0.6 is 12.6 Å². The van der Waals surface area contributed by atoms with Crippen LogP contribution in [-0.2, 0) is 0 Å². The van der Waals surface area contributed by atoms with Crippen LogP contribution in [0.3, 0.4) is 0 Å². The highest BCUT2D eigenvalue weighted by atomic mass is 32.1. The highest BCUT2D eigenvalue weighted by Gasteiger charge is 2.20. The Balaban J connectivity index is 2.19. The third kappa shape index (κ3) is 1.71. The maximum atomic E-state index is 14.1. The number of hydrogen-bond acceptors (Lipinski definition) is 3. The van der Waals surface area contributed by atoms with Crippen LogP contribution in [0.15, 0.2) is 36.8 Å². The first-order chi connectivity index (χ1) is 8.66. The summed E-state index contributed by atoms with van der Waals surface area (Å²) in [6.07, 6.45) is 7.15. The van der Waals surface area contributed by atoms with Gasteiger partial charge < -0.3 is 9.88 Å². The van der Waals surface area contributed by atoms with Gasteiger partial charge in [0.2, 0.25) is 0 Å². The molecular formula is C13H12FN3S. The Labute approximate surface area is 110 Å². The maximum Gasteiger partial charge on any atom is 0.140 e. The first kappa shape index (κ1) is 11.3. The van der Waals surface area contributed by atoms with Crippen LogP contribution < -0.4 is 4.90 Å². The lowest BCUT2D eigenvalue weighted by Crippen LogP contribution is -2.15. The zero-order chi connectivity index (χ0) is 12.7. The number of thiol groups is 1. The van der Waals surface area contributed by atoms with Crippen LogP contribution in [0.25, 0.3) is 11.4 Å². The van der Waals surface area contributed by atoms with Crippen molar-refractivity contribution in [3.63, 3.8) is 0 Å². The smallest absolute Gasteiger partial charge is 0.140 e. The Morgan fingerprint density at radius 3 is 3.00 bits per heavy atom. The number of aromatic amines is 1. The molecule has 0 spiro atoms. The van der Waals surface area contributed by atoms with E-state index in [9.17, 15) is 4.39 Å². The summed E-state index contributed by atoms with van der Waals surface area (Å²) in [5, 5.41) is -0.0728. The van der Waals surface area contributed by atoms with E-state index in [0.717, 1.165) is 11.3 Å². The van der Waals surface area contributed by atoms with Gasteiger partial charge in [-0.2, -0.15) is 12.6 Å². The number of halogens is 1. The second-order valence-electron chi connectivity index (χ2n) is 4.23. The quantitative estimate of drug-likeness (QED) is 0.773. The molecule has 1 unspecified atom stereocenters. The largest absolute Gasteiger partial charge is 0.351 e. The molecule has 3 rings (SSSR count). The highest BCUT2D eigenvalue weighted by Crippen LogP contribution is 2.38. The number of rotatable bonds is 1. The molecule has 0 radical (unpaired) electrons. The second-order valence-corrected chi connectivity index (χ2v) is 4.78. The number of imidazole rings is 1. The van der Waals surface area contributed by atoms with E-state index in [1.54, 1.807) is 18.5 Å². The molecule has 0 aliphatic carbocycles. The van der Waals surface area contributed by atoms with E-state index in [2.05, 4.69) is 22.6 Å². The number of hydrogen-bond donors (Lipinski definition) is 2. The number of aromatic nitrogens is 2. The van der Waals surface area contributed by atoms with Crippen molar-refractivity contribution in [1.82, 2.24) is 9.97 Å². The van der Waals surface area contributed by atoms with Crippen molar-refractivity contribution in [1.29, 1.82) is 0 Å². The summed E-state index contributed by atoms with van der Waals surface area (Å²) in [5.74, 6) is 0.250. The molecule has 2 heterocycles. The summed E-state index contributed by atoms with van der Waals surface area (Å²) in [4.78, 5) is 8.96. The summed E-state index contributed by atoms with van der Waals surface area (Å²) in [6, 6.07) is 3.33. The van der Waals surface area contributed by atoms with Gasteiger partial charge in [0.15, 0.2) is 0 Å². The molecule has 0 saturated heterocycles. The fraction of sp³-hybridized carbons (Fsp3) is 0.154. The molecule has 3 nitrogen and oxygen atoms in total. The van der Waals surface area contributed by atoms with Crippen LogP contribution in [0.5, 0.6) is 0 Å². The lowest BCUT2D eigenvalue weighted by molar-refractivity contribution is 0.628. The van der Waals surface area contributed by atoms with Gasteiger partial charge in [-0.05, 0) is 17.7 Å². The van der Waals surface area contributed by atoms with Crippen molar-refractivity contribution < 1.29 is 4.39 Å². The minimum absolute atomic E-state index is 0.0728. The highest BCUT2D eigenvalue weighted by molar-refractivity contribution is 7.80. The number of benzene rings is 1. The first-order valence-electron chi connectivity index (χ1n) is 5.59. The third-order valence-electron chi connectivity index (χ3n) is 3.06. The average molecular weight is 261 g/mol. The summed E-state index contributed by atoms with van der Waals surface area (Å²) in [5.41, 5.74) is 2.29. The van der Waals surface area contributed by atoms with Gasteiger partial charge in [0.05, 0.1) is 5.56 Å². The van der Waals surface area contributed by atoms with Crippen LogP contribution in [0.4, 0.5) is 10.1 Å². The standard InChI is InChI=1S/C13H12FN3S/c1-17-5-2-12(18)9-6-10(14)8(7-11(9)17)13-15-3-4-16-13/h2-7,12,18H,1H3,(H,15,16). The molecule has 1 aliphatic rings. The summed E-state index contributed by atoms with van der Waals surface area (Å²) >= 11 is 4.43. The molecule has 1 N–H and O–H groups in total. The molecule has 2 aromatic rings. The molecule has 92 valence electrons. The number of nitrogens with one attached hydrogen (secondary N) is 1. The monoisotopic (exact) mass is 261 g/mol. The van der Waals surface area contributed by atoms with Crippen LogP contribution in [0, 0.1) is 5.82 Å². The van der Waals surface area contributed by atoms with E-state index in [-0.39, 0.29) is 11.1 Å². The van der Waals surface area contributed by atoms with Gasteiger partial charge in [-0.15, -0.1) is 0 Å². The Hall–Kier alpha value is -1.75. The molecule has 1 aliphatic heterocycles. The van der Waals surface area contributed by atoms with E-state index in [4.69, 9.17) is 0 Å². The Bertz CT molecular complexity index is 607. The molecule has 0 saturated carbocycles. The predicted molar refractivity (Wildman–Crippen MR) is 73.3 cm³/mol. The average Bonchev–Trinajstić information content (AvgIpc) is 2.87. The molecule has 1 aromatic carbocycles. The molecule has 0 bridgehead atoms. The topological polar surface area (TPSA) is 31.9 Å². The molecule has 1 atom stereocenters. The van der Waals surface area contributed by atoms with E-state index < -0.39 is 0 Å². The fourth-order valence-electron chi connectivity index (χ4n) is 2.11. The zero-order valence-electron chi connectivity index (χ0n) is 9.76. The van der Waals surface area contributed by atoms with E-state index in [1.165, 1.54) is 6.07 Å². The van der Waals surface area contributed by atoms with Crippen LogP contribution in [-0.4, -0.2) is 17.0 Å². The molecule has 0 amide bonds. The molecule has 0 fully saturated rings. The zero-order valence-corrected chi connectivity index (χ0v) is 10.7. The summed E-state index contributed by atoms with van der Waals surface area (Å²) in [6.45, 7) is 0. The van der Waals surface area contributed by atoms with Crippen molar-refractivity contribution in [2.45, 2.75) is 5.25 Å². The Morgan fingerprint density at radius 2 is 2.28 bits per heavy atom. The van der Waals surface area contributed by atoms with Gasteiger partial charge in [0.25, 0.3) is 0 Å². The number of anilines is 1. The predicted octanol–water partition coefficient (Wildman–Crippen LogP) is 3.15. The molecule has 18 heavy (non-hydrogen) atoms. The van der Waals surface area contributed by atoms with E-state index >= 15 is 0 Å². The summed E-state index contributed by atoms with van der Waals surface area (Å²) in [7, 11) is 1.93. The Kier molecular flexibility index (Phi) is 2.63. The van der Waals surface area contributed by atoms with E-state index in [0.29, 0.717) is 11.4 Å². The van der Waals surface area contributed by atoms with Gasteiger partial charge in [-0.3, -0.25) is 0 Å². The van der Waals surface area contributed by atoms with Crippen molar-refractivity contribution in [3.05, 3.63) is 48.2 Å². The van der Waals surface area contributed by atoms with Gasteiger partial charge >= 0.3 is 0 Å². The lowest BCUT2D eigenvalue weighted by atomic mass is 10.0. The minimum Gasteiger partial charge on any atom is -0.351 e. The van der Waals surface area contributed by atoms with Crippen molar-refractivity contribution in [2.24, 2.45) is 0 Å². The molecule has 1 aromatic heterocycles. The minimum atomic E-state index is -0.286. The Morgan fingerprint density at radius 1 is 1.44 bits per heavy atom. The fourth-order valence-corrected chi connectivity index (χ4v) is 2.39. The van der Waals surface area contributed by atoms with E-state index in [1.807, 2.05) is 24.2 Å². The third-order valence-corrected chi connectivity index (χ3v) is 3.51. The number of nitrogens with zero attached hydrogens (tertiary/aromatic N) is 2. The van der Waals surface area contributed by atoms with Crippen molar-refractivity contribution in [2.75, 3.05) is 11.9 Å². The van der Waals surface area contributed by atoms with Crippen molar-refractivity contribution >= 4 is 18.3 Å². The van der Waals surface area contributed by atoms with Crippen molar-refractivity contribution in [3.8, 4) is 11.4 Å². The summed E-state index contributed by atoms with van der Waals surface area (Å²) < 4.78 is 14.1. The van der Waals surface area contributed by atoms with Gasteiger partial charge in [0.1, 0.15) is 11.6 Å². The maximum absolute atomic E-state index is 14.1. The van der Waals surface area contributed by atoms with Gasteiger partial charge in [0, 0.05) is 36.6 Å². The lowest BCUT2D eigenvalue weighted by Gasteiger charge is -2.26. The second kappa shape index (κ2) is 4.17. The molecule has 5 heteroatoms.